The maximum atomic E-state index is 12.5. The van der Waals surface area contributed by atoms with Gasteiger partial charge in [0, 0.05) is 5.54 Å². The highest BCUT2D eigenvalue weighted by molar-refractivity contribution is 6.80. The first-order valence-corrected chi connectivity index (χ1v) is 13.0. The van der Waals surface area contributed by atoms with Gasteiger partial charge in [-0.1, -0.05) is 82.3 Å². The molecule has 3 rings (SSSR count). The number of benzene rings is 2. The molecule has 1 fully saturated rings. The standard InChI is InChI=1S/C27H38NO3Si/c1-19-13-18-23(24(19)30-25(29)28-27(5,6)7)31-32(21-11-9-8-10-12-21)22-16-14-20(15-17-22)26(2,3)4/h8-12,14-17,19,23-24H,13,18H2,1-7H3,(H,28,29). The second kappa shape index (κ2) is 9.80. The number of hydrogen-bond acceptors (Lipinski definition) is 3. The number of carbonyl (C=O) groups excluding carboxylic acids is 1. The normalized spacial score (nSPS) is 21.6. The molecule has 0 aromatic heterocycles. The zero-order valence-electron chi connectivity index (χ0n) is 20.6. The van der Waals surface area contributed by atoms with E-state index in [4.69, 9.17) is 9.16 Å². The van der Waals surface area contributed by atoms with E-state index in [1.54, 1.807) is 0 Å². The van der Waals surface area contributed by atoms with Crippen LogP contribution in [0, 0.1) is 5.92 Å². The van der Waals surface area contributed by atoms with Crippen LogP contribution in [0.2, 0.25) is 0 Å². The first-order chi connectivity index (χ1) is 14.9. The van der Waals surface area contributed by atoms with Gasteiger partial charge in [-0.3, -0.25) is 0 Å². The molecule has 5 heteroatoms. The van der Waals surface area contributed by atoms with Crippen LogP contribution in [-0.2, 0) is 14.6 Å². The van der Waals surface area contributed by atoms with E-state index in [2.05, 4.69) is 81.5 Å². The summed E-state index contributed by atoms with van der Waals surface area (Å²) in [5.41, 5.74) is 1.09. The molecule has 2 aromatic rings. The van der Waals surface area contributed by atoms with Crippen LogP contribution in [0.5, 0.6) is 0 Å². The molecule has 4 nitrogen and oxygen atoms in total. The summed E-state index contributed by atoms with van der Waals surface area (Å²) in [6, 6.07) is 19.3. The van der Waals surface area contributed by atoms with Gasteiger partial charge in [0.1, 0.15) is 6.10 Å². The van der Waals surface area contributed by atoms with Crippen molar-refractivity contribution in [3.8, 4) is 0 Å². The Bertz CT molecular complexity index is 884. The molecule has 1 amide bonds. The van der Waals surface area contributed by atoms with Gasteiger partial charge in [-0.2, -0.15) is 0 Å². The van der Waals surface area contributed by atoms with Crippen molar-refractivity contribution in [3.63, 3.8) is 0 Å². The van der Waals surface area contributed by atoms with Gasteiger partial charge < -0.3 is 14.5 Å². The molecule has 0 heterocycles. The predicted molar refractivity (Wildman–Crippen MR) is 133 cm³/mol. The maximum Gasteiger partial charge on any atom is 0.407 e. The topological polar surface area (TPSA) is 47.6 Å². The van der Waals surface area contributed by atoms with Crippen molar-refractivity contribution in [2.75, 3.05) is 0 Å². The van der Waals surface area contributed by atoms with E-state index < -0.39 is 9.04 Å². The van der Waals surface area contributed by atoms with Crippen LogP contribution in [0.15, 0.2) is 54.6 Å². The van der Waals surface area contributed by atoms with Crippen molar-refractivity contribution in [3.05, 3.63) is 60.2 Å². The summed E-state index contributed by atoms with van der Waals surface area (Å²) >= 11 is 0. The van der Waals surface area contributed by atoms with Crippen molar-refractivity contribution in [2.45, 2.75) is 84.5 Å². The van der Waals surface area contributed by atoms with Gasteiger partial charge in [-0.05, 0) is 60.9 Å². The summed E-state index contributed by atoms with van der Waals surface area (Å²) in [7, 11) is -1.48. The van der Waals surface area contributed by atoms with Gasteiger partial charge in [0.2, 0.25) is 0 Å². The number of ether oxygens (including phenoxy) is 1. The fourth-order valence-electron chi connectivity index (χ4n) is 4.06. The van der Waals surface area contributed by atoms with Gasteiger partial charge in [-0.15, -0.1) is 0 Å². The Morgan fingerprint density at radius 2 is 1.50 bits per heavy atom. The molecule has 1 aliphatic carbocycles. The largest absolute Gasteiger partial charge is 0.443 e. The van der Waals surface area contributed by atoms with Crippen LogP contribution < -0.4 is 15.7 Å². The Morgan fingerprint density at radius 1 is 0.906 bits per heavy atom. The van der Waals surface area contributed by atoms with Crippen molar-refractivity contribution in [1.29, 1.82) is 0 Å². The Balaban J connectivity index is 1.83. The molecule has 2 aromatic carbocycles. The van der Waals surface area contributed by atoms with Gasteiger partial charge in [-0.25, -0.2) is 4.79 Å². The average Bonchev–Trinajstić information content (AvgIpc) is 3.04. The number of nitrogens with one attached hydrogen (secondary N) is 1. The third kappa shape index (κ3) is 6.45. The minimum absolute atomic E-state index is 0.105. The fraction of sp³-hybridized carbons (Fsp3) is 0.519. The van der Waals surface area contributed by atoms with E-state index >= 15 is 0 Å². The summed E-state index contributed by atoms with van der Waals surface area (Å²) in [4.78, 5) is 12.5. The van der Waals surface area contributed by atoms with Crippen molar-refractivity contribution in [1.82, 2.24) is 5.32 Å². The van der Waals surface area contributed by atoms with Gasteiger partial charge in [0.15, 0.2) is 0 Å². The summed E-state index contributed by atoms with van der Waals surface area (Å²) in [5, 5.41) is 5.34. The molecule has 173 valence electrons. The molecule has 1 aliphatic rings. The summed E-state index contributed by atoms with van der Waals surface area (Å²) in [6.45, 7) is 14.7. The third-order valence-corrected chi connectivity index (χ3v) is 8.13. The zero-order valence-corrected chi connectivity index (χ0v) is 21.6. The monoisotopic (exact) mass is 452 g/mol. The molecule has 3 atom stereocenters. The highest BCUT2D eigenvalue weighted by atomic mass is 28.3. The van der Waals surface area contributed by atoms with Gasteiger partial charge in [0.25, 0.3) is 9.04 Å². The molecule has 0 saturated heterocycles. The van der Waals surface area contributed by atoms with Crippen molar-refractivity contribution < 1.29 is 14.0 Å². The first kappa shape index (κ1) is 24.5. The van der Waals surface area contributed by atoms with Crippen LogP contribution in [0.3, 0.4) is 0 Å². The Labute approximate surface area is 195 Å². The molecule has 0 spiro atoms. The Kier molecular flexibility index (Phi) is 7.51. The first-order valence-electron chi connectivity index (χ1n) is 11.6. The summed E-state index contributed by atoms with van der Waals surface area (Å²) in [6.07, 6.45) is 1.18. The van der Waals surface area contributed by atoms with E-state index in [-0.39, 0.29) is 35.2 Å². The lowest BCUT2D eigenvalue weighted by Crippen LogP contribution is -2.50. The van der Waals surface area contributed by atoms with E-state index in [0.717, 1.165) is 12.8 Å². The van der Waals surface area contributed by atoms with E-state index in [9.17, 15) is 4.79 Å². The van der Waals surface area contributed by atoms with Crippen LogP contribution >= 0.6 is 0 Å². The van der Waals surface area contributed by atoms with Crippen LogP contribution in [0.4, 0.5) is 4.79 Å². The van der Waals surface area contributed by atoms with Crippen LogP contribution in [0.1, 0.15) is 66.9 Å². The molecule has 0 bridgehead atoms. The van der Waals surface area contributed by atoms with E-state index in [1.807, 2.05) is 26.8 Å². The zero-order chi connectivity index (χ0) is 23.5. The van der Waals surface area contributed by atoms with E-state index in [0.29, 0.717) is 0 Å². The van der Waals surface area contributed by atoms with E-state index in [1.165, 1.54) is 15.9 Å². The number of alkyl carbamates (subject to hydrolysis) is 1. The number of amides is 1. The third-order valence-electron chi connectivity index (χ3n) is 5.87. The lowest BCUT2D eigenvalue weighted by atomic mass is 9.87. The highest BCUT2D eigenvalue weighted by Crippen LogP contribution is 2.31. The van der Waals surface area contributed by atoms with Crippen LogP contribution in [-0.4, -0.2) is 32.9 Å². The SMILES string of the molecule is CC1CCC(O[Si](c2ccccc2)c2ccc(C(C)(C)C)cc2)C1OC(=O)NC(C)(C)C. The number of rotatable bonds is 5. The predicted octanol–water partition coefficient (Wildman–Crippen LogP) is 4.80. The second-order valence-corrected chi connectivity index (χ2v) is 13.0. The van der Waals surface area contributed by atoms with Gasteiger partial charge >= 0.3 is 6.09 Å². The molecule has 1 N–H and O–H groups in total. The summed E-state index contributed by atoms with van der Waals surface area (Å²) < 4.78 is 12.7. The molecular formula is C27H38NO3Si. The van der Waals surface area contributed by atoms with Crippen LogP contribution in [0.25, 0.3) is 0 Å². The number of hydrogen-bond donors (Lipinski definition) is 1. The maximum absolute atomic E-state index is 12.5. The average molecular weight is 453 g/mol. The molecule has 1 saturated carbocycles. The lowest BCUT2D eigenvalue weighted by molar-refractivity contribution is 0.0146. The Hall–Kier alpha value is -2.11. The second-order valence-electron chi connectivity index (χ2n) is 11.0. The minimum atomic E-state index is -1.48. The number of carbonyl (C=O) groups is 1. The fourth-order valence-corrected chi connectivity index (χ4v) is 6.19. The minimum Gasteiger partial charge on any atom is -0.443 e. The quantitative estimate of drug-likeness (QED) is 0.663. The molecular weight excluding hydrogens is 414 g/mol. The Morgan fingerprint density at radius 3 is 2.06 bits per heavy atom. The molecule has 1 radical (unpaired) electrons. The molecule has 32 heavy (non-hydrogen) atoms. The van der Waals surface area contributed by atoms with Gasteiger partial charge in [0.05, 0.1) is 6.10 Å². The summed E-state index contributed by atoms with van der Waals surface area (Å²) in [5.74, 6) is 0.271. The molecule has 3 unspecified atom stereocenters. The highest BCUT2D eigenvalue weighted by Gasteiger charge is 2.40. The molecule has 0 aliphatic heterocycles. The van der Waals surface area contributed by atoms with Crippen molar-refractivity contribution in [2.24, 2.45) is 5.92 Å². The smallest absolute Gasteiger partial charge is 0.407 e. The lowest BCUT2D eigenvalue weighted by Gasteiger charge is -2.29. The van der Waals surface area contributed by atoms with Crippen molar-refractivity contribution >= 4 is 25.5 Å².